The van der Waals surface area contributed by atoms with Crippen molar-refractivity contribution in [1.82, 2.24) is 25.0 Å². The number of hydrogen-bond donors (Lipinski definition) is 1. The van der Waals surface area contributed by atoms with Gasteiger partial charge in [0.15, 0.2) is 5.65 Å². The van der Waals surface area contributed by atoms with Gasteiger partial charge in [0.05, 0.1) is 22.8 Å². The van der Waals surface area contributed by atoms with Crippen LogP contribution in [0, 0.1) is 13.8 Å². The molecule has 1 N–H and O–H groups in total. The second kappa shape index (κ2) is 9.71. The normalized spacial score (nSPS) is 15.7. The Kier molecular flexibility index (Phi) is 6.96. The van der Waals surface area contributed by atoms with Gasteiger partial charge in [0.2, 0.25) is 0 Å². The summed E-state index contributed by atoms with van der Waals surface area (Å²) in [4.78, 5) is 23.4. The van der Waals surface area contributed by atoms with Crippen molar-refractivity contribution in [2.45, 2.75) is 72.4 Å². The van der Waals surface area contributed by atoms with E-state index in [2.05, 4.69) is 56.0 Å². The summed E-state index contributed by atoms with van der Waals surface area (Å²) in [6.07, 6.45) is 6.27. The number of nitrogens with zero attached hydrogens (tertiary/aromatic N) is 4. The van der Waals surface area contributed by atoms with Crippen LogP contribution in [0.25, 0.3) is 22.3 Å². The summed E-state index contributed by atoms with van der Waals surface area (Å²) in [5.41, 5.74) is 3.40. The second-order valence-corrected chi connectivity index (χ2v) is 10.7. The molecule has 4 rings (SSSR count). The average Bonchev–Trinajstić information content (AvgIpc) is 3.35. The molecule has 172 valence electrons. The summed E-state index contributed by atoms with van der Waals surface area (Å²) in [6, 6.07) is 4.51. The number of carbonyl (C=O) groups is 1. The molecule has 0 saturated carbocycles. The highest BCUT2D eigenvalue weighted by molar-refractivity contribution is 7.12. The van der Waals surface area contributed by atoms with Crippen LogP contribution in [-0.2, 0) is 0 Å². The van der Waals surface area contributed by atoms with Gasteiger partial charge in [0.1, 0.15) is 0 Å². The number of fused-ring (bicyclic) bond motifs is 1. The number of thiophene rings is 1. The Labute approximate surface area is 195 Å². The van der Waals surface area contributed by atoms with Crippen molar-refractivity contribution in [2.24, 2.45) is 0 Å². The number of unbranched alkanes of at least 4 members (excludes halogenated alkanes) is 1. The lowest BCUT2D eigenvalue weighted by atomic mass is 10.0. The number of likely N-dealkylation sites (tertiary alicyclic amines) is 1. The fourth-order valence-electron chi connectivity index (χ4n) is 4.55. The zero-order chi connectivity index (χ0) is 22.8. The van der Waals surface area contributed by atoms with Crippen LogP contribution in [0.15, 0.2) is 18.3 Å². The summed E-state index contributed by atoms with van der Waals surface area (Å²) < 4.78 is 1.91. The largest absolute Gasteiger partial charge is 0.349 e. The third kappa shape index (κ3) is 4.74. The van der Waals surface area contributed by atoms with Crippen molar-refractivity contribution < 1.29 is 4.79 Å². The molecule has 1 amide bonds. The van der Waals surface area contributed by atoms with Gasteiger partial charge in [-0.15, -0.1) is 11.3 Å². The van der Waals surface area contributed by atoms with Crippen molar-refractivity contribution in [3.05, 3.63) is 33.6 Å². The Morgan fingerprint density at radius 1 is 1.25 bits per heavy atom. The number of nitrogens with one attached hydrogen (secondary N) is 1. The number of carbonyl (C=O) groups excluding carboxylic acids is 1. The van der Waals surface area contributed by atoms with Crippen molar-refractivity contribution in [1.29, 1.82) is 0 Å². The number of amides is 1. The molecule has 0 aliphatic carbocycles. The molecule has 3 aromatic heterocycles. The molecule has 7 heteroatoms. The molecule has 0 unspecified atom stereocenters. The predicted molar refractivity (Wildman–Crippen MR) is 133 cm³/mol. The molecule has 32 heavy (non-hydrogen) atoms. The first-order valence-electron chi connectivity index (χ1n) is 11.9. The molecule has 1 aliphatic rings. The minimum absolute atomic E-state index is 0.0152. The maximum Gasteiger partial charge on any atom is 0.252 e. The van der Waals surface area contributed by atoms with E-state index >= 15 is 0 Å². The highest BCUT2D eigenvalue weighted by Crippen LogP contribution is 2.32. The molecule has 0 atom stereocenters. The van der Waals surface area contributed by atoms with Gasteiger partial charge in [0.25, 0.3) is 5.91 Å². The van der Waals surface area contributed by atoms with Crippen molar-refractivity contribution in [2.75, 3.05) is 19.6 Å². The Balaban J connectivity index is 1.62. The van der Waals surface area contributed by atoms with Crippen LogP contribution in [0.1, 0.15) is 72.6 Å². The van der Waals surface area contributed by atoms with Crippen molar-refractivity contribution in [3.63, 3.8) is 0 Å². The quantitative estimate of drug-likeness (QED) is 0.524. The van der Waals surface area contributed by atoms with Crippen LogP contribution in [0.2, 0.25) is 0 Å². The van der Waals surface area contributed by atoms with Gasteiger partial charge in [-0.05, 0) is 65.6 Å². The van der Waals surface area contributed by atoms with Gasteiger partial charge in [0, 0.05) is 40.5 Å². The SMILES string of the molecule is CCCCN1CCC(NC(=O)c2cc(-c3cc(C)sc3C)nc3c2cnn3C(C)C)CC1. The number of rotatable bonds is 7. The number of aryl methyl sites for hydroxylation is 2. The molecule has 0 aromatic carbocycles. The molecule has 1 aliphatic heterocycles. The molecule has 0 radical (unpaired) electrons. The van der Waals surface area contributed by atoms with Crippen molar-refractivity contribution >= 4 is 28.3 Å². The van der Waals surface area contributed by atoms with Gasteiger partial charge in [-0.2, -0.15) is 5.10 Å². The first kappa shape index (κ1) is 22.9. The smallest absolute Gasteiger partial charge is 0.252 e. The molecule has 0 spiro atoms. The molecule has 1 saturated heterocycles. The van der Waals surface area contributed by atoms with E-state index in [1.807, 2.05) is 10.7 Å². The number of pyridine rings is 1. The van der Waals surface area contributed by atoms with Crippen LogP contribution in [0.5, 0.6) is 0 Å². The van der Waals surface area contributed by atoms with Gasteiger partial charge in [-0.25, -0.2) is 9.67 Å². The minimum atomic E-state index is -0.0152. The number of aromatic nitrogens is 3. The molecule has 4 heterocycles. The topological polar surface area (TPSA) is 63.1 Å². The first-order valence-corrected chi connectivity index (χ1v) is 12.7. The summed E-state index contributed by atoms with van der Waals surface area (Å²) in [5, 5.41) is 8.69. The Bertz CT molecular complexity index is 1090. The van der Waals surface area contributed by atoms with Crippen LogP contribution in [-0.4, -0.2) is 51.2 Å². The summed E-state index contributed by atoms with van der Waals surface area (Å²) in [7, 11) is 0. The molecule has 6 nitrogen and oxygen atoms in total. The van der Waals surface area contributed by atoms with E-state index in [-0.39, 0.29) is 18.0 Å². The van der Waals surface area contributed by atoms with Gasteiger partial charge in [-0.3, -0.25) is 4.79 Å². The highest BCUT2D eigenvalue weighted by Gasteiger charge is 2.24. The van der Waals surface area contributed by atoms with Gasteiger partial charge in [-0.1, -0.05) is 13.3 Å². The average molecular weight is 454 g/mol. The van der Waals surface area contributed by atoms with E-state index < -0.39 is 0 Å². The van der Waals surface area contributed by atoms with E-state index in [0.29, 0.717) is 5.56 Å². The Hall–Kier alpha value is -2.25. The maximum absolute atomic E-state index is 13.4. The molecule has 0 bridgehead atoms. The molecule has 3 aromatic rings. The van der Waals surface area contributed by atoms with Crippen LogP contribution in [0.3, 0.4) is 0 Å². The van der Waals surface area contributed by atoms with Crippen LogP contribution >= 0.6 is 11.3 Å². The Morgan fingerprint density at radius 2 is 2.00 bits per heavy atom. The van der Waals surface area contributed by atoms with E-state index in [0.717, 1.165) is 48.2 Å². The lowest BCUT2D eigenvalue weighted by molar-refractivity contribution is 0.0912. The summed E-state index contributed by atoms with van der Waals surface area (Å²) in [5.74, 6) is -0.0152. The second-order valence-electron chi connectivity index (χ2n) is 9.25. The molecular weight excluding hydrogens is 418 g/mol. The van der Waals surface area contributed by atoms with Crippen LogP contribution < -0.4 is 5.32 Å². The van der Waals surface area contributed by atoms with E-state index in [4.69, 9.17) is 4.98 Å². The Morgan fingerprint density at radius 3 is 2.62 bits per heavy atom. The minimum Gasteiger partial charge on any atom is -0.349 e. The van der Waals surface area contributed by atoms with Gasteiger partial charge >= 0.3 is 0 Å². The third-order valence-electron chi connectivity index (χ3n) is 6.37. The number of piperidine rings is 1. The number of hydrogen-bond acceptors (Lipinski definition) is 5. The van der Waals surface area contributed by atoms with E-state index in [1.165, 1.54) is 29.1 Å². The third-order valence-corrected chi connectivity index (χ3v) is 7.33. The standard InChI is InChI=1S/C25H35N5OS/c1-6-7-10-29-11-8-19(9-12-29)27-25(31)21-14-23(20-13-17(4)32-18(20)5)28-24-22(21)15-26-30(24)16(2)3/h13-16,19H,6-12H2,1-5H3,(H,27,31). The predicted octanol–water partition coefficient (Wildman–Crippen LogP) is 5.35. The monoisotopic (exact) mass is 453 g/mol. The maximum atomic E-state index is 13.4. The zero-order valence-corrected chi connectivity index (χ0v) is 20.8. The van der Waals surface area contributed by atoms with Crippen LogP contribution in [0.4, 0.5) is 0 Å². The summed E-state index contributed by atoms with van der Waals surface area (Å²) >= 11 is 1.76. The fraction of sp³-hybridized carbons (Fsp3) is 0.560. The first-order chi connectivity index (χ1) is 15.4. The lowest BCUT2D eigenvalue weighted by Crippen LogP contribution is -2.44. The van der Waals surface area contributed by atoms with E-state index in [9.17, 15) is 4.79 Å². The lowest BCUT2D eigenvalue weighted by Gasteiger charge is -2.32. The van der Waals surface area contributed by atoms with E-state index in [1.54, 1.807) is 17.5 Å². The van der Waals surface area contributed by atoms with Gasteiger partial charge < -0.3 is 10.2 Å². The fourth-order valence-corrected chi connectivity index (χ4v) is 5.49. The zero-order valence-electron chi connectivity index (χ0n) is 19.9. The molecule has 1 fully saturated rings. The summed E-state index contributed by atoms with van der Waals surface area (Å²) in [6.45, 7) is 13.9. The highest BCUT2D eigenvalue weighted by atomic mass is 32.1. The molecular formula is C25H35N5OS. The van der Waals surface area contributed by atoms with Crippen molar-refractivity contribution in [3.8, 4) is 11.3 Å².